The predicted molar refractivity (Wildman–Crippen MR) is 81.6 cm³/mol. The summed E-state index contributed by atoms with van der Waals surface area (Å²) in [7, 11) is 0. The Balaban J connectivity index is 2.42. The third-order valence-electron chi connectivity index (χ3n) is 3.09. The number of carboxylic acid groups (broad SMARTS) is 1. The normalized spacial score (nSPS) is 11.7. The van der Waals surface area contributed by atoms with E-state index in [0.717, 1.165) is 17.8 Å². The monoisotopic (exact) mass is 360 g/mol. The molecule has 0 aliphatic rings. The molecule has 130 valence electrons. The summed E-state index contributed by atoms with van der Waals surface area (Å²) < 4.78 is 40.8. The molecule has 0 unspecified atom stereocenters. The number of carboxylic acids is 1. The summed E-state index contributed by atoms with van der Waals surface area (Å²) in [6.45, 7) is 4.14. The quantitative estimate of drug-likeness (QED) is 0.629. The van der Waals surface area contributed by atoms with Gasteiger partial charge < -0.3 is 5.11 Å². The maximum absolute atomic E-state index is 13.1. The minimum Gasteiger partial charge on any atom is -0.481 e. The molecule has 0 aliphatic heterocycles. The van der Waals surface area contributed by atoms with Crippen LogP contribution in [0.15, 0.2) is 17.4 Å². The Labute approximate surface area is 140 Å². The van der Waals surface area contributed by atoms with Gasteiger partial charge in [-0.25, -0.2) is 9.97 Å². The van der Waals surface area contributed by atoms with Gasteiger partial charge in [0.1, 0.15) is 5.69 Å². The number of carbonyl (C=O) groups is 1. The summed E-state index contributed by atoms with van der Waals surface area (Å²) in [5.74, 6) is -0.946. The zero-order valence-corrected chi connectivity index (χ0v) is 13.8. The van der Waals surface area contributed by atoms with Gasteiger partial charge >= 0.3 is 12.1 Å². The molecular weight excluding hydrogens is 345 g/mol. The van der Waals surface area contributed by atoms with Crippen LogP contribution in [0.1, 0.15) is 24.7 Å². The van der Waals surface area contributed by atoms with E-state index in [4.69, 9.17) is 5.11 Å². The molecule has 0 saturated carbocycles. The molecule has 2 aromatic heterocycles. The molecule has 0 saturated heterocycles. The van der Waals surface area contributed by atoms with Crippen LogP contribution >= 0.6 is 11.8 Å². The molecular formula is C14H15F3N4O2S. The Bertz CT molecular complexity index is 746. The van der Waals surface area contributed by atoms with Crippen molar-refractivity contribution < 1.29 is 23.1 Å². The Morgan fingerprint density at radius 3 is 2.62 bits per heavy atom. The van der Waals surface area contributed by atoms with Crippen molar-refractivity contribution in [2.75, 3.05) is 5.75 Å². The smallest absolute Gasteiger partial charge is 0.433 e. The van der Waals surface area contributed by atoms with Crippen LogP contribution in [-0.2, 0) is 17.5 Å². The van der Waals surface area contributed by atoms with Crippen molar-refractivity contribution in [1.82, 2.24) is 19.7 Å². The summed E-state index contributed by atoms with van der Waals surface area (Å²) >= 11 is 0.876. The standard InChI is InChI=1S/C14H15F3N4O2S/c1-3-21-7-9(8(2)20-21)10-6-11(14(15,16)17)19-13(18-10)24-5-4-12(22)23/h6-7H,3-5H2,1-2H3,(H,22,23). The molecule has 10 heteroatoms. The zero-order valence-electron chi connectivity index (χ0n) is 13.0. The second-order valence-electron chi connectivity index (χ2n) is 4.89. The first-order valence-electron chi connectivity index (χ1n) is 7.06. The van der Waals surface area contributed by atoms with Gasteiger partial charge in [-0.05, 0) is 19.9 Å². The maximum atomic E-state index is 13.1. The van der Waals surface area contributed by atoms with E-state index in [1.807, 2.05) is 6.92 Å². The van der Waals surface area contributed by atoms with Gasteiger partial charge in [-0.1, -0.05) is 11.8 Å². The fourth-order valence-corrected chi connectivity index (χ4v) is 2.72. The second kappa shape index (κ2) is 7.20. The first kappa shape index (κ1) is 18.2. The van der Waals surface area contributed by atoms with Gasteiger partial charge in [0, 0.05) is 24.1 Å². The van der Waals surface area contributed by atoms with Crippen LogP contribution in [0.25, 0.3) is 11.3 Å². The van der Waals surface area contributed by atoms with Crippen molar-refractivity contribution >= 4 is 17.7 Å². The third-order valence-corrected chi connectivity index (χ3v) is 3.94. The van der Waals surface area contributed by atoms with Gasteiger partial charge in [-0.2, -0.15) is 18.3 Å². The van der Waals surface area contributed by atoms with Crippen molar-refractivity contribution in [3.8, 4) is 11.3 Å². The first-order valence-corrected chi connectivity index (χ1v) is 8.04. The molecule has 2 rings (SSSR count). The van der Waals surface area contributed by atoms with Gasteiger partial charge in [0.15, 0.2) is 5.16 Å². The SMILES string of the molecule is CCn1cc(-c2cc(C(F)(F)F)nc(SCCC(=O)O)n2)c(C)n1. The van der Waals surface area contributed by atoms with Crippen LogP contribution in [0, 0.1) is 6.92 Å². The van der Waals surface area contributed by atoms with Gasteiger partial charge in [0.25, 0.3) is 0 Å². The molecule has 0 aliphatic carbocycles. The lowest BCUT2D eigenvalue weighted by Gasteiger charge is -2.09. The zero-order chi connectivity index (χ0) is 17.9. The van der Waals surface area contributed by atoms with Crippen LogP contribution < -0.4 is 0 Å². The number of hydrogen-bond acceptors (Lipinski definition) is 5. The van der Waals surface area contributed by atoms with Crippen LogP contribution in [0.4, 0.5) is 13.2 Å². The highest BCUT2D eigenvalue weighted by atomic mass is 32.2. The number of alkyl halides is 3. The lowest BCUT2D eigenvalue weighted by Crippen LogP contribution is -2.10. The average Bonchev–Trinajstić information content (AvgIpc) is 2.87. The predicted octanol–water partition coefficient (Wildman–Crippen LogP) is 3.25. The highest BCUT2D eigenvalue weighted by Gasteiger charge is 2.34. The fraction of sp³-hybridized carbons (Fsp3) is 0.429. The Morgan fingerprint density at radius 2 is 2.08 bits per heavy atom. The number of aryl methyl sites for hydroxylation is 2. The second-order valence-corrected chi connectivity index (χ2v) is 5.96. The largest absolute Gasteiger partial charge is 0.481 e. The van der Waals surface area contributed by atoms with E-state index in [9.17, 15) is 18.0 Å². The topological polar surface area (TPSA) is 80.9 Å². The van der Waals surface area contributed by atoms with Crippen molar-refractivity contribution in [3.05, 3.63) is 23.7 Å². The number of rotatable bonds is 6. The van der Waals surface area contributed by atoms with E-state index < -0.39 is 17.8 Å². The molecule has 0 atom stereocenters. The lowest BCUT2D eigenvalue weighted by molar-refractivity contribution is -0.141. The molecule has 1 N–H and O–H groups in total. The molecule has 0 amide bonds. The Kier molecular flexibility index (Phi) is 5.47. The van der Waals surface area contributed by atoms with Crippen LogP contribution in [0.2, 0.25) is 0 Å². The van der Waals surface area contributed by atoms with Crippen LogP contribution in [0.3, 0.4) is 0 Å². The Hall–Kier alpha value is -2.10. The summed E-state index contributed by atoms with van der Waals surface area (Å²) in [6.07, 6.45) is -3.18. The van der Waals surface area contributed by atoms with Crippen molar-refractivity contribution in [3.63, 3.8) is 0 Å². The van der Waals surface area contributed by atoms with E-state index in [0.29, 0.717) is 17.8 Å². The molecule has 0 bridgehead atoms. The number of halogens is 3. The van der Waals surface area contributed by atoms with Gasteiger partial charge in [0.2, 0.25) is 0 Å². The number of thioether (sulfide) groups is 1. The van der Waals surface area contributed by atoms with E-state index in [2.05, 4.69) is 15.1 Å². The van der Waals surface area contributed by atoms with Crippen LogP contribution in [0.5, 0.6) is 0 Å². The molecule has 6 nitrogen and oxygen atoms in total. The molecule has 0 aromatic carbocycles. The van der Waals surface area contributed by atoms with E-state index >= 15 is 0 Å². The number of aliphatic carboxylic acids is 1. The highest BCUT2D eigenvalue weighted by molar-refractivity contribution is 7.99. The van der Waals surface area contributed by atoms with Crippen molar-refractivity contribution in [2.45, 2.75) is 38.1 Å². The lowest BCUT2D eigenvalue weighted by atomic mass is 10.1. The van der Waals surface area contributed by atoms with E-state index in [-0.39, 0.29) is 23.0 Å². The van der Waals surface area contributed by atoms with E-state index in [1.54, 1.807) is 17.8 Å². The molecule has 24 heavy (non-hydrogen) atoms. The minimum absolute atomic E-state index is 0.0866. The van der Waals surface area contributed by atoms with Gasteiger partial charge in [-0.3, -0.25) is 9.48 Å². The molecule has 2 heterocycles. The summed E-state index contributed by atoms with van der Waals surface area (Å²) in [5, 5.41) is 12.7. The van der Waals surface area contributed by atoms with Gasteiger partial charge in [-0.15, -0.1) is 0 Å². The third kappa shape index (κ3) is 4.47. The number of hydrogen-bond donors (Lipinski definition) is 1. The summed E-state index contributed by atoms with van der Waals surface area (Å²) in [6, 6.07) is 0.880. The molecule has 2 aromatic rings. The Morgan fingerprint density at radius 1 is 1.38 bits per heavy atom. The highest BCUT2D eigenvalue weighted by Crippen LogP contribution is 2.32. The molecule has 0 fully saturated rings. The summed E-state index contributed by atoms with van der Waals surface area (Å²) in [4.78, 5) is 18.2. The average molecular weight is 360 g/mol. The maximum Gasteiger partial charge on any atom is 0.433 e. The minimum atomic E-state index is -4.62. The molecule has 0 radical (unpaired) electrons. The first-order chi connectivity index (χ1) is 11.2. The fourth-order valence-electron chi connectivity index (χ4n) is 1.93. The van der Waals surface area contributed by atoms with E-state index in [1.165, 1.54) is 0 Å². The van der Waals surface area contributed by atoms with Crippen LogP contribution in [-0.4, -0.2) is 36.6 Å². The van der Waals surface area contributed by atoms with Crippen molar-refractivity contribution in [2.24, 2.45) is 0 Å². The number of nitrogens with zero attached hydrogens (tertiary/aromatic N) is 4. The van der Waals surface area contributed by atoms with Crippen molar-refractivity contribution in [1.29, 1.82) is 0 Å². The van der Waals surface area contributed by atoms with Gasteiger partial charge in [0.05, 0.1) is 17.8 Å². The number of aromatic nitrogens is 4. The molecule has 0 spiro atoms. The summed E-state index contributed by atoms with van der Waals surface area (Å²) in [5.41, 5.74) is 0.108.